The number of anilines is 1. The zero-order chi connectivity index (χ0) is 14.5. The third-order valence-electron chi connectivity index (χ3n) is 3.00. The van der Waals surface area contributed by atoms with Gasteiger partial charge in [-0.3, -0.25) is 0 Å². The van der Waals surface area contributed by atoms with E-state index in [0.717, 1.165) is 16.7 Å². The molecule has 2 aromatic rings. The number of hydrogen-bond donors (Lipinski definition) is 2. The van der Waals surface area contributed by atoms with Crippen molar-refractivity contribution in [1.82, 2.24) is 0 Å². The van der Waals surface area contributed by atoms with E-state index >= 15 is 0 Å². The first kappa shape index (κ1) is 14.4. The summed E-state index contributed by atoms with van der Waals surface area (Å²) in [6.45, 7) is 0.777. The van der Waals surface area contributed by atoms with Crippen LogP contribution in [0.3, 0.4) is 0 Å². The van der Waals surface area contributed by atoms with Crippen molar-refractivity contribution in [2.24, 2.45) is 10.9 Å². The molecule has 20 heavy (non-hydrogen) atoms. The third kappa shape index (κ3) is 3.51. The van der Waals surface area contributed by atoms with Gasteiger partial charge in [0, 0.05) is 29.3 Å². The van der Waals surface area contributed by atoms with Gasteiger partial charge in [-0.15, -0.1) is 0 Å². The van der Waals surface area contributed by atoms with Crippen LogP contribution in [0.5, 0.6) is 0 Å². The molecule has 0 unspecified atom stereocenters. The van der Waals surface area contributed by atoms with Gasteiger partial charge in [0.1, 0.15) is 0 Å². The second-order valence-electron chi connectivity index (χ2n) is 4.52. The van der Waals surface area contributed by atoms with Gasteiger partial charge < -0.3 is 15.8 Å². The summed E-state index contributed by atoms with van der Waals surface area (Å²) in [6.07, 6.45) is 0. The van der Waals surface area contributed by atoms with Gasteiger partial charge in [0.05, 0.1) is 0 Å². The molecule has 4 nitrogen and oxygen atoms in total. The number of rotatable bonds is 4. The predicted octanol–water partition coefficient (Wildman–Crippen LogP) is 3.18. The summed E-state index contributed by atoms with van der Waals surface area (Å²) in [4.78, 5) is 2.11. The summed E-state index contributed by atoms with van der Waals surface area (Å²) in [5.74, 6) is 0.114. The maximum Gasteiger partial charge on any atom is 0.170 e. The van der Waals surface area contributed by atoms with Crippen LogP contribution in [-0.2, 0) is 6.54 Å². The van der Waals surface area contributed by atoms with Crippen LogP contribution in [0, 0.1) is 0 Å². The number of benzene rings is 2. The molecule has 104 valence electrons. The van der Waals surface area contributed by atoms with Gasteiger partial charge in [0.15, 0.2) is 5.84 Å². The fourth-order valence-corrected chi connectivity index (χ4v) is 2.41. The molecular formula is C15H16BrN3O. The molecule has 0 saturated carbocycles. The Morgan fingerprint density at radius 1 is 1.25 bits per heavy atom. The van der Waals surface area contributed by atoms with Gasteiger partial charge in [-0.2, -0.15) is 0 Å². The van der Waals surface area contributed by atoms with E-state index in [4.69, 9.17) is 10.9 Å². The second kappa shape index (κ2) is 6.43. The van der Waals surface area contributed by atoms with Gasteiger partial charge in [0.25, 0.3) is 0 Å². The van der Waals surface area contributed by atoms with Gasteiger partial charge in [-0.25, -0.2) is 0 Å². The lowest BCUT2D eigenvalue weighted by Gasteiger charge is -2.20. The van der Waals surface area contributed by atoms with E-state index < -0.39 is 0 Å². The maximum atomic E-state index is 8.73. The fraction of sp³-hybridized carbons (Fsp3) is 0.133. The minimum absolute atomic E-state index is 0.114. The van der Waals surface area contributed by atoms with Crippen molar-refractivity contribution >= 4 is 27.5 Å². The lowest BCUT2D eigenvalue weighted by atomic mass is 10.1. The highest BCUT2D eigenvalue weighted by Gasteiger charge is 2.05. The molecule has 0 spiro atoms. The van der Waals surface area contributed by atoms with Crippen molar-refractivity contribution in [1.29, 1.82) is 0 Å². The van der Waals surface area contributed by atoms with E-state index in [1.807, 2.05) is 43.4 Å². The largest absolute Gasteiger partial charge is 0.409 e. The van der Waals surface area contributed by atoms with E-state index in [1.54, 1.807) is 0 Å². The molecule has 0 fully saturated rings. The zero-order valence-electron chi connectivity index (χ0n) is 11.1. The summed E-state index contributed by atoms with van der Waals surface area (Å²) >= 11 is 3.47. The van der Waals surface area contributed by atoms with Crippen molar-refractivity contribution in [3.8, 4) is 0 Å². The number of halogens is 1. The molecule has 0 aliphatic carbocycles. The van der Waals surface area contributed by atoms with E-state index in [0.29, 0.717) is 5.56 Å². The number of oxime groups is 1. The molecule has 0 aromatic heterocycles. The molecular weight excluding hydrogens is 318 g/mol. The molecule has 3 N–H and O–H groups in total. The number of nitrogens with zero attached hydrogens (tertiary/aromatic N) is 2. The quantitative estimate of drug-likeness (QED) is 0.391. The molecule has 0 saturated heterocycles. The molecule has 0 heterocycles. The number of hydrogen-bond acceptors (Lipinski definition) is 3. The summed E-state index contributed by atoms with van der Waals surface area (Å²) in [5, 5.41) is 11.8. The zero-order valence-corrected chi connectivity index (χ0v) is 12.7. The number of nitrogens with two attached hydrogens (primary N) is 1. The molecule has 5 heteroatoms. The topological polar surface area (TPSA) is 61.8 Å². The van der Waals surface area contributed by atoms with E-state index in [2.05, 4.69) is 38.1 Å². The van der Waals surface area contributed by atoms with Crippen molar-refractivity contribution in [2.75, 3.05) is 11.9 Å². The highest BCUT2D eigenvalue weighted by molar-refractivity contribution is 9.10. The van der Waals surface area contributed by atoms with Crippen LogP contribution in [-0.4, -0.2) is 18.1 Å². The molecule has 2 aromatic carbocycles. The monoisotopic (exact) mass is 333 g/mol. The smallest absolute Gasteiger partial charge is 0.170 e. The summed E-state index contributed by atoms with van der Waals surface area (Å²) in [6, 6.07) is 15.8. The lowest BCUT2D eigenvalue weighted by Crippen LogP contribution is -2.18. The molecule has 0 radical (unpaired) electrons. The Hall–Kier alpha value is -2.01. The SMILES string of the molecule is CN(Cc1cccc(Br)c1)c1cccc(C(N)=NO)c1. The summed E-state index contributed by atoms with van der Waals surface area (Å²) in [7, 11) is 2.01. The average molecular weight is 334 g/mol. The molecule has 0 aliphatic rings. The Labute approximate surface area is 126 Å². The third-order valence-corrected chi connectivity index (χ3v) is 3.49. The van der Waals surface area contributed by atoms with E-state index in [9.17, 15) is 0 Å². The van der Waals surface area contributed by atoms with Crippen LogP contribution in [0.4, 0.5) is 5.69 Å². The first-order valence-electron chi connectivity index (χ1n) is 6.13. The lowest BCUT2D eigenvalue weighted by molar-refractivity contribution is 0.318. The second-order valence-corrected chi connectivity index (χ2v) is 5.44. The van der Waals surface area contributed by atoms with Gasteiger partial charge >= 0.3 is 0 Å². The van der Waals surface area contributed by atoms with Crippen LogP contribution in [0.1, 0.15) is 11.1 Å². The highest BCUT2D eigenvalue weighted by atomic mass is 79.9. The van der Waals surface area contributed by atoms with Crippen molar-refractivity contribution in [3.05, 3.63) is 64.1 Å². The molecule has 0 atom stereocenters. The van der Waals surface area contributed by atoms with Gasteiger partial charge in [-0.1, -0.05) is 45.4 Å². The Morgan fingerprint density at radius 3 is 2.70 bits per heavy atom. The highest BCUT2D eigenvalue weighted by Crippen LogP contribution is 2.19. The predicted molar refractivity (Wildman–Crippen MR) is 85.2 cm³/mol. The minimum Gasteiger partial charge on any atom is -0.409 e. The van der Waals surface area contributed by atoms with E-state index in [1.165, 1.54) is 5.56 Å². The van der Waals surface area contributed by atoms with Gasteiger partial charge in [0.2, 0.25) is 0 Å². The van der Waals surface area contributed by atoms with Crippen LogP contribution in [0.2, 0.25) is 0 Å². The van der Waals surface area contributed by atoms with Crippen LogP contribution in [0.15, 0.2) is 58.2 Å². The average Bonchev–Trinajstić information content (AvgIpc) is 2.46. The normalized spacial score (nSPS) is 11.4. The Morgan fingerprint density at radius 2 is 2.00 bits per heavy atom. The van der Waals surface area contributed by atoms with Crippen LogP contribution < -0.4 is 10.6 Å². The van der Waals surface area contributed by atoms with Crippen molar-refractivity contribution in [3.63, 3.8) is 0 Å². The fourth-order valence-electron chi connectivity index (χ4n) is 1.96. The summed E-state index contributed by atoms with van der Waals surface area (Å²) < 4.78 is 1.06. The maximum absolute atomic E-state index is 8.73. The first-order valence-corrected chi connectivity index (χ1v) is 6.93. The standard InChI is InChI=1S/C15H16BrN3O/c1-19(10-11-4-2-6-13(16)8-11)14-7-3-5-12(9-14)15(17)18-20/h2-9,20H,10H2,1H3,(H2,17,18). The van der Waals surface area contributed by atoms with Crippen LogP contribution in [0.25, 0.3) is 0 Å². The molecule has 0 amide bonds. The van der Waals surface area contributed by atoms with Gasteiger partial charge in [-0.05, 0) is 29.8 Å². The van der Waals surface area contributed by atoms with Crippen LogP contribution >= 0.6 is 15.9 Å². The molecule has 0 aliphatic heterocycles. The summed E-state index contributed by atoms with van der Waals surface area (Å²) in [5.41, 5.74) is 8.52. The Balaban J connectivity index is 2.19. The first-order chi connectivity index (χ1) is 9.60. The molecule has 0 bridgehead atoms. The van der Waals surface area contributed by atoms with Crippen molar-refractivity contribution in [2.45, 2.75) is 6.54 Å². The minimum atomic E-state index is 0.114. The van der Waals surface area contributed by atoms with E-state index in [-0.39, 0.29) is 5.84 Å². The van der Waals surface area contributed by atoms with Crippen molar-refractivity contribution < 1.29 is 5.21 Å². The Bertz CT molecular complexity index is 628. The Kier molecular flexibility index (Phi) is 4.63. The number of amidine groups is 1. The molecule has 2 rings (SSSR count).